The Morgan fingerprint density at radius 2 is 1.70 bits per heavy atom. The molecule has 7 nitrogen and oxygen atoms in total. The van der Waals surface area contributed by atoms with Gasteiger partial charge in [-0.2, -0.15) is 0 Å². The van der Waals surface area contributed by atoms with Crippen LogP contribution in [0.1, 0.15) is 49.0 Å². The van der Waals surface area contributed by atoms with Gasteiger partial charge in [0, 0.05) is 37.3 Å². The average Bonchev–Trinajstić information content (AvgIpc) is 2.72. The molecule has 160 valence electrons. The Labute approximate surface area is 177 Å². The molecule has 0 spiro atoms. The van der Waals surface area contributed by atoms with Crippen LogP contribution in [-0.4, -0.2) is 37.7 Å². The lowest BCUT2D eigenvalue weighted by Crippen LogP contribution is -2.42. The smallest absolute Gasteiger partial charge is 0.254 e. The van der Waals surface area contributed by atoms with Crippen molar-refractivity contribution in [3.05, 3.63) is 59.7 Å². The zero-order valence-electron chi connectivity index (χ0n) is 17.2. The van der Waals surface area contributed by atoms with E-state index in [1.54, 1.807) is 24.3 Å². The molecule has 1 atom stereocenters. The summed E-state index contributed by atoms with van der Waals surface area (Å²) in [6.07, 6.45) is 3.21. The number of nitrogens with one attached hydrogen (secondary N) is 2. The van der Waals surface area contributed by atoms with Crippen LogP contribution < -0.4 is 10.0 Å². The number of carbonyl (C=O) groups excluding carboxylic acids is 2. The summed E-state index contributed by atoms with van der Waals surface area (Å²) in [6, 6.07) is 13.2. The van der Waals surface area contributed by atoms with E-state index in [0.29, 0.717) is 11.3 Å². The van der Waals surface area contributed by atoms with Crippen LogP contribution in [0, 0.1) is 0 Å². The maximum atomic E-state index is 12.7. The average molecular weight is 430 g/mol. The third kappa shape index (κ3) is 5.46. The van der Waals surface area contributed by atoms with Crippen LogP contribution in [0.25, 0.3) is 0 Å². The van der Waals surface area contributed by atoms with E-state index >= 15 is 0 Å². The molecule has 2 amide bonds. The number of hydrogen-bond donors (Lipinski definition) is 2. The van der Waals surface area contributed by atoms with Crippen LogP contribution in [0.3, 0.4) is 0 Å². The van der Waals surface area contributed by atoms with Crippen molar-refractivity contribution in [3.63, 3.8) is 0 Å². The number of sulfonamides is 1. The molecule has 0 aromatic heterocycles. The number of likely N-dealkylation sites (tertiary alicyclic amines) is 1. The van der Waals surface area contributed by atoms with Crippen LogP contribution >= 0.6 is 0 Å². The molecule has 1 fully saturated rings. The summed E-state index contributed by atoms with van der Waals surface area (Å²) in [4.78, 5) is 25.8. The maximum Gasteiger partial charge on any atom is 0.254 e. The van der Waals surface area contributed by atoms with Gasteiger partial charge in [0.2, 0.25) is 15.9 Å². The summed E-state index contributed by atoms with van der Waals surface area (Å²) in [5, 5.41) is 2.60. The fourth-order valence-corrected chi connectivity index (χ4v) is 4.53. The number of benzene rings is 2. The second kappa shape index (κ2) is 9.40. The molecule has 1 aliphatic rings. The highest BCUT2D eigenvalue weighted by Gasteiger charge is 2.24. The molecule has 1 aliphatic heterocycles. The van der Waals surface area contributed by atoms with E-state index in [4.69, 9.17) is 0 Å². The third-order valence-electron chi connectivity index (χ3n) is 5.22. The fraction of sp³-hybridized carbons (Fsp3) is 0.364. The summed E-state index contributed by atoms with van der Waals surface area (Å²) in [5.74, 6) is -0.200. The molecule has 0 aliphatic carbocycles. The minimum Gasteiger partial charge on any atom is -0.336 e. The Hall–Kier alpha value is -2.71. The standard InChI is InChI=1S/C22H27N3O4S/c1-16-5-3-4-14-25(16)22(27)19-8-6-18(7-9-19)15-23-30(28,29)21-12-10-20(11-13-21)24-17(2)26/h6-13,16,23H,3-5,14-15H2,1-2H3,(H,24,26). The molecule has 0 bridgehead atoms. The van der Waals surface area contributed by atoms with Crippen molar-refractivity contribution in [2.24, 2.45) is 0 Å². The van der Waals surface area contributed by atoms with Crippen molar-refractivity contribution in [1.82, 2.24) is 9.62 Å². The molecule has 2 aromatic carbocycles. The van der Waals surface area contributed by atoms with Crippen LogP contribution in [0.4, 0.5) is 5.69 Å². The molecule has 8 heteroatoms. The maximum absolute atomic E-state index is 12.7. The highest BCUT2D eigenvalue weighted by molar-refractivity contribution is 7.89. The van der Waals surface area contributed by atoms with Crippen LogP contribution in [0.15, 0.2) is 53.4 Å². The van der Waals surface area contributed by atoms with Gasteiger partial charge < -0.3 is 10.2 Å². The molecular formula is C22H27N3O4S. The normalized spacial score (nSPS) is 16.9. The predicted octanol–water partition coefficient (Wildman–Crippen LogP) is 3.14. The second-order valence-corrected chi connectivity index (χ2v) is 9.34. The first kappa shape index (κ1) is 22.0. The van der Waals surface area contributed by atoms with Crippen LogP contribution in [0.2, 0.25) is 0 Å². The summed E-state index contributed by atoms with van der Waals surface area (Å²) in [6.45, 7) is 4.35. The molecule has 0 saturated carbocycles. The molecule has 1 unspecified atom stereocenters. The van der Waals surface area contributed by atoms with Crippen molar-refractivity contribution in [3.8, 4) is 0 Å². The van der Waals surface area contributed by atoms with Gasteiger partial charge in [-0.05, 0) is 68.1 Å². The largest absolute Gasteiger partial charge is 0.336 e. The minimum atomic E-state index is -3.69. The van der Waals surface area contributed by atoms with E-state index in [1.807, 2.05) is 4.90 Å². The Morgan fingerprint density at radius 1 is 1.03 bits per heavy atom. The van der Waals surface area contributed by atoms with Gasteiger partial charge in [-0.1, -0.05) is 12.1 Å². The monoisotopic (exact) mass is 429 g/mol. The molecule has 3 rings (SSSR count). The highest BCUT2D eigenvalue weighted by Crippen LogP contribution is 2.20. The van der Waals surface area contributed by atoms with Gasteiger partial charge in [0.25, 0.3) is 5.91 Å². The lowest BCUT2D eigenvalue weighted by Gasteiger charge is -2.33. The number of anilines is 1. The van der Waals surface area contributed by atoms with Crippen molar-refractivity contribution in [2.75, 3.05) is 11.9 Å². The zero-order valence-corrected chi connectivity index (χ0v) is 18.0. The predicted molar refractivity (Wildman–Crippen MR) is 116 cm³/mol. The lowest BCUT2D eigenvalue weighted by molar-refractivity contribution is -0.114. The van der Waals surface area contributed by atoms with Gasteiger partial charge in [0.05, 0.1) is 4.90 Å². The Bertz CT molecular complexity index is 1000. The van der Waals surface area contributed by atoms with E-state index < -0.39 is 10.0 Å². The van der Waals surface area contributed by atoms with E-state index in [9.17, 15) is 18.0 Å². The molecule has 0 radical (unpaired) electrons. The second-order valence-electron chi connectivity index (χ2n) is 7.57. The Kier molecular flexibility index (Phi) is 6.89. The van der Waals surface area contributed by atoms with Crippen LogP contribution in [0.5, 0.6) is 0 Å². The van der Waals surface area contributed by atoms with Gasteiger partial charge >= 0.3 is 0 Å². The van der Waals surface area contributed by atoms with Crippen molar-refractivity contribution in [1.29, 1.82) is 0 Å². The minimum absolute atomic E-state index is 0.0218. The SMILES string of the molecule is CC(=O)Nc1ccc(S(=O)(=O)NCc2ccc(C(=O)N3CCCCC3C)cc2)cc1. The molecular weight excluding hydrogens is 402 g/mol. The lowest BCUT2D eigenvalue weighted by atomic mass is 10.0. The van der Waals surface area contributed by atoms with Crippen molar-refractivity contribution >= 4 is 27.5 Å². The van der Waals surface area contributed by atoms with Crippen molar-refractivity contribution < 1.29 is 18.0 Å². The van der Waals surface area contributed by atoms with E-state index in [0.717, 1.165) is 31.4 Å². The Morgan fingerprint density at radius 3 is 2.30 bits per heavy atom. The van der Waals surface area contributed by atoms with Crippen molar-refractivity contribution in [2.45, 2.75) is 50.6 Å². The third-order valence-corrected chi connectivity index (χ3v) is 6.63. The number of amides is 2. The van der Waals surface area contributed by atoms with Gasteiger partial charge in [0.1, 0.15) is 0 Å². The molecule has 1 saturated heterocycles. The van der Waals surface area contributed by atoms with E-state index in [1.165, 1.54) is 31.2 Å². The first-order chi connectivity index (χ1) is 14.3. The first-order valence-electron chi connectivity index (χ1n) is 10.0. The summed E-state index contributed by atoms with van der Waals surface area (Å²) < 4.78 is 27.6. The fourth-order valence-electron chi connectivity index (χ4n) is 3.51. The number of nitrogens with zero attached hydrogens (tertiary/aromatic N) is 1. The first-order valence-corrected chi connectivity index (χ1v) is 11.5. The summed E-state index contributed by atoms with van der Waals surface area (Å²) in [7, 11) is -3.69. The number of carbonyl (C=O) groups is 2. The molecule has 30 heavy (non-hydrogen) atoms. The quantitative estimate of drug-likeness (QED) is 0.737. The van der Waals surface area contributed by atoms with Gasteiger partial charge in [-0.15, -0.1) is 0 Å². The molecule has 2 aromatic rings. The number of hydrogen-bond acceptors (Lipinski definition) is 4. The van der Waals surface area contributed by atoms with Crippen LogP contribution in [-0.2, 0) is 21.4 Å². The van der Waals surface area contributed by atoms with Gasteiger partial charge in [0.15, 0.2) is 0 Å². The summed E-state index contributed by atoms with van der Waals surface area (Å²) in [5.41, 5.74) is 1.91. The number of rotatable bonds is 6. The van der Waals surface area contributed by atoms with Gasteiger partial charge in [-0.3, -0.25) is 9.59 Å². The Balaban J connectivity index is 1.61. The highest BCUT2D eigenvalue weighted by atomic mass is 32.2. The van der Waals surface area contributed by atoms with E-state index in [-0.39, 0.29) is 29.3 Å². The van der Waals surface area contributed by atoms with Gasteiger partial charge in [-0.25, -0.2) is 13.1 Å². The van der Waals surface area contributed by atoms with E-state index in [2.05, 4.69) is 17.0 Å². The summed E-state index contributed by atoms with van der Waals surface area (Å²) >= 11 is 0. The molecule has 1 heterocycles. The topological polar surface area (TPSA) is 95.6 Å². The molecule has 2 N–H and O–H groups in total. The number of piperidine rings is 1. The zero-order chi connectivity index (χ0) is 21.7.